The van der Waals surface area contributed by atoms with E-state index in [-0.39, 0.29) is 17.3 Å². The van der Waals surface area contributed by atoms with Gasteiger partial charge in [-0.15, -0.1) is 0 Å². The largest absolute Gasteiger partial charge is 0.507 e. The number of rotatable bonds is 17. The second-order valence-electron chi connectivity index (χ2n) is 11.4. The number of unbranched alkanes of at least 4 members (excludes halogenated alkanes) is 11. The molecule has 0 bridgehead atoms. The lowest BCUT2D eigenvalue weighted by Crippen LogP contribution is -2.18. The third kappa shape index (κ3) is 11.5. The molecule has 1 rings (SSSR count). The van der Waals surface area contributed by atoms with Gasteiger partial charge in [-0.3, -0.25) is 4.79 Å². The first-order valence-electron chi connectivity index (χ1n) is 13.7. The second kappa shape index (κ2) is 15.4. The van der Waals surface area contributed by atoms with Gasteiger partial charge >= 0.3 is 5.97 Å². The number of carboxylic acid groups (broad SMARTS) is 1. The van der Waals surface area contributed by atoms with Crippen LogP contribution in [0, 0.1) is 5.92 Å². The van der Waals surface area contributed by atoms with Crippen LogP contribution in [0.5, 0.6) is 5.75 Å². The quantitative estimate of drug-likeness (QED) is 0.228. The topological polar surface area (TPSA) is 57.5 Å². The average Bonchev–Trinajstić information content (AvgIpc) is 2.73. The molecule has 0 aliphatic rings. The maximum absolute atomic E-state index is 12.0. The van der Waals surface area contributed by atoms with E-state index in [1.165, 1.54) is 64.2 Å². The first kappa shape index (κ1) is 29.5. The van der Waals surface area contributed by atoms with Gasteiger partial charge in [0.2, 0.25) is 0 Å². The molecule has 0 saturated carbocycles. The van der Waals surface area contributed by atoms with Crippen LogP contribution in [0.15, 0.2) is 12.1 Å². The number of carboxylic acids is 1. The molecule has 1 unspecified atom stereocenters. The van der Waals surface area contributed by atoms with Gasteiger partial charge in [0.15, 0.2) is 0 Å². The van der Waals surface area contributed by atoms with Crippen molar-refractivity contribution in [1.82, 2.24) is 0 Å². The van der Waals surface area contributed by atoms with Gasteiger partial charge in [0, 0.05) is 0 Å². The highest BCUT2D eigenvalue weighted by Crippen LogP contribution is 2.38. The molecule has 0 saturated heterocycles. The summed E-state index contributed by atoms with van der Waals surface area (Å²) in [7, 11) is 0. The standard InChI is InChI=1S/C30H52O3/c1-7-8-9-10-11-12-13-14-15-16-17-18-19-25(29(32)33)20-24-21-26(23(2)3)28(31)27(22-24)30(4,5)6/h21-23,25,31H,7-20H2,1-6H3,(H,32,33). The van der Waals surface area contributed by atoms with Crippen molar-refractivity contribution in [3.8, 4) is 5.75 Å². The number of hydrogen-bond donors (Lipinski definition) is 2. The van der Waals surface area contributed by atoms with E-state index in [0.29, 0.717) is 12.2 Å². The lowest BCUT2D eigenvalue weighted by molar-refractivity contribution is -0.142. The normalized spacial score (nSPS) is 12.9. The first-order valence-corrected chi connectivity index (χ1v) is 13.7. The summed E-state index contributed by atoms with van der Waals surface area (Å²) in [5.41, 5.74) is 2.69. The molecule has 0 aliphatic carbocycles. The third-order valence-corrected chi connectivity index (χ3v) is 6.87. The van der Waals surface area contributed by atoms with Crippen molar-refractivity contribution in [2.45, 2.75) is 143 Å². The molecule has 3 nitrogen and oxygen atoms in total. The number of benzene rings is 1. The van der Waals surface area contributed by atoms with Gasteiger partial charge in [-0.25, -0.2) is 0 Å². The summed E-state index contributed by atoms with van der Waals surface area (Å²) in [5.74, 6) is -0.486. The fourth-order valence-corrected chi connectivity index (χ4v) is 4.68. The van der Waals surface area contributed by atoms with E-state index < -0.39 is 5.97 Å². The minimum Gasteiger partial charge on any atom is -0.507 e. The molecule has 1 aromatic carbocycles. The number of aromatic hydroxyl groups is 1. The van der Waals surface area contributed by atoms with Crippen LogP contribution in [0.2, 0.25) is 0 Å². The Hall–Kier alpha value is -1.51. The highest BCUT2D eigenvalue weighted by Gasteiger charge is 2.24. The zero-order valence-electron chi connectivity index (χ0n) is 22.5. The molecule has 0 spiro atoms. The molecule has 0 amide bonds. The van der Waals surface area contributed by atoms with Crippen molar-refractivity contribution in [1.29, 1.82) is 0 Å². The Kier molecular flexibility index (Phi) is 13.8. The van der Waals surface area contributed by atoms with Crippen LogP contribution in [0.4, 0.5) is 0 Å². The minimum atomic E-state index is -0.699. The zero-order valence-corrected chi connectivity index (χ0v) is 22.5. The van der Waals surface area contributed by atoms with E-state index in [0.717, 1.165) is 36.0 Å². The Labute approximate surface area is 204 Å². The lowest BCUT2D eigenvalue weighted by Gasteiger charge is -2.25. The number of hydrogen-bond acceptors (Lipinski definition) is 2. The molecule has 0 heterocycles. The maximum atomic E-state index is 12.0. The summed E-state index contributed by atoms with van der Waals surface area (Å²) in [6.07, 6.45) is 16.7. The number of phenols is 1. The summed E-state index contributed by atoms with van der Waals surface area (Å²) < 4.78 is 0. The van der Waals surface area contributed by atoms with Crippen molar-refractivity contribution in [3.63, 3.8) is 0 Å². The molecule has 2 N–H and O–H groups in total. The van der Waals surface area contributed by atoms with Crippen molar-refractivity contribution in [2.75, 3.05) is 0 Å². The lowest BCUT2D eigenvalue weighted by atomic mass is 9.81. The van der Waals surface area contributed by atoms with Crippen LogP contribution >= 0.6 is 0 Å². The van der Waals surface area contributed by atoms with Crippen LogP contribution in [0.25, 0.3) is 0 Å². The molecule has 0 fully saturated rings. The predicted octanol–water partition coefficient (Wildman–Crippen LogP) is 9.15. The van der Waals surface area contributed by atoms with Crippen LogP contribution in [0.1, 0.15) is 148 Å². The van der Waals surface area contributed by atoms with Gasteiger partial charge in [-0.05, 0) is 40.9 Å². The van der Waals surface area contributed by atoms with Crippen molar-refractivity contribution >= 4 is 5.97 Å². The maximum Gasteiger partial charge on any atom is 0.306 e. The summed E-state index contributed by atoms with van der Waals surface area (Å²) >= 11 is 0. The fraction of sp³-hybridized carbons (Fsp3) is 0.767. The van der Waals surface area contributed by atoms with Crippen molar-refractivity contribution in [2.24, 2.45) is 5.92 Å². The number of carbonyl (C=O) groups is 1. The van der Waals surface area contributed by atoms with Crippen LogP contribution in [-0.4, -0.2) is 16.2 Å². The molecular weight excluding hydrogens is 408 g/mol. The van der Waals surface area contributed by atoms with E-state index in [9.17, 15) is 15.0 Å². The van der Waals surface area contributed by atoms with E-state index in [1.54, 1.807) is 0 Å². The fourth-order valence-electron chi connectivity index (χ4n) is 4.68. The molecule has 33 heavy (non-hydrogen) atoms. The highest BCUT2D eigenvalue weighted by atomic mass is 16.4. The Bertz CT molecular complexity index is 685. The molecule has 0 aliphatic heterocycles. The predicted molar refractivity (Wildman–Crippen MR) is 141 cm³/mol. The smallest absolute Gasteiger partial charge is 0.306 e. The monoisotopic (exact) mass is 460 g/mol. The Morgan fingerprint density at radius 3 is 1.76 bits per heavy atom. The molecule has 1 atom stereocenters. The first-order chi connectivity index (χ1) is 15.6. The highest BCUT2D eigenvalue weighted by molar-refractivity contribution is 5.70. The average molecular weight is 461 g/mol. The minimum absolute atomic E-state index is 0.183. The molecule has 190 valence electrons. The van der Waals surface area contributed by atoms with Gasteiger partial charge in [0.25, 0.3) is 0 Å². The van der Waals surface area contributed by atoms with Crippen molar-refractivity contribution < 1.29 is 15.0 Å². The van der Waals surface area contributed by atoms with Gasteiger partial charge in [0.05, 0.1) is 5.92 Å². The molecule has 1 aromatic rings. The number of phenolic OH excluding ortho intramolecular Hbond substituents is 1. The summed E-state index contributed by atoms with van der Waals surface area (Å²) in [6, 6.07) is 4.05. The van der Waals surface area contributed by atoms with Gasteiger partial charge in [-0.2, -0.15) is 0 Å². The Morgan fingerprint density at radius 2 is 1.33 bits per heavy atom. The van der Waals surface area contributed by atoms with Gasteiger partial charge in [0.1, 0.15) is 5.75 Å². The molecule has 0 radical (unpaired) electrons. The zero-order chi connectivity index (χ0) is 24.9. The third-order valence-electron chi connectivity index (χ3n) is 6.87. The number of aliphatic carboxylic acids is 1. The molecule has 3 heteroatoms. The summed E-state index contributed by atoms with van der Waals surface area (Å²) in [4.78, 5) is 12.0. The SMILES string of the molecule is CCCCCCCCCCCCCCC(Cc1cc(C(C)C)c(O)c(C(C)(C)C)c1)C(=O)O. The molecular formula is C30H52O3. The molecule has 0 aromatic heterocycles. The van der Waals surface area contributed by atoms with E-state index >= 15 is 0 Å². The summed E-state index contributed by atoms with van der Waals surface area (Å²) in [6.45, 7) is 12.7. The Balaban J connectivity index is 2.49. The van der Waals surface area contributed by atoms with E-state index in [4.69, 9.17) is 0 Å². The summed E-state index contributed by atoms with van der Waals surface area (Å²) in [5, 5.41) is 20.6. The van der Waals surface area contributed by atoms with E-state index in [2.05, 4.69) is 41.5 Å². The van der Waals surface area contributed by atoms with Gasteiger partial charge < -0.3 is 10.2 Å². The van der Waals surface area contributed by atoms with Crippen LogP contribution in [0.3, 0.4) is 0 Å². The second-order valence-corrected chi connectivity index (χ2v) is 11.4. The van der Waals surface area contributed by atoms with Crippen molar-refractivity contribution in [3.05, 3.63) is 28.8 Å². The van der Waals surface area contributed by atoms with Crippen LogP contribution in [-0.2, 0) is 16.6 Å². The van der Waals surface area contributed by atoms with Gasteiger partial charge in [-0.1, -0.05) is 131 Å². The Morgan fingerprint density at radius 1 is 0.848 bits per heavy atom. The van der Waals surface area contributed by atoms with Crippen LogP contribution < -0.4 is 0 Å². The van der Waals surface area contributed by atoms with E-state index in [1.807, 2.05) is 12.1 Å².